The van der Waals surface area contributed by atoms with E-state index in [0.717, 1.165) is 16.4 Å². The third-order valence-corrected chi connectivity index (χ3v) is 4.56. The predicted octanol–water partition coefficient (Wildman–Crippen LogP) is 4.15. The van der Waals surface area contributed by atoms with Gasteiger partial charge in [-0.2, -0.15) is 0 Å². The smallest absolute Gasteiger partial charge is 0.415 e. The third-order valence-electron chi connectivity index (χ3n) is 4.31. The van der Waals surface area contributed by atoms with E-state index in [0.29, 0.717) is 28.9 Å². The van der Waals surface area contributed by atoms with Crippen LogP contribution in [0.4, 0.5) is 5.82 Å². The first-order valence-electron chi connectivity index (χ1n) is 9.30. The van der Waals surface area contributed by atoms with Crippen LogP contribution in [-0.2, 0) is 9.57 Å². The van der Waals surface area contributed by atoms with Crippen molar-refractivity contribution in [2.45, 2.75) is 13.8 Å². The summed E-state index contributed by atoms with van der Waals surface area (Å²) in [6.07, 6.45) is 1.56. The van der Waals surface area contributed by atoms with Gasteiger partial charge in [-0.05, 0) is 38.1 Å². The van der Waals surface area contributed by atoms with Crippen molar-refractivity contribution in [3.05, 3.63) is 71.0 Å². The zero-order valence-corrected chi connectivity index (χ0v) is 17.2. The number of rotatable bonds is 6. The second-order valence-electron chi connectivity index (χ2n) is 6.46. The van der Waals surface area contributed by atoms with Crippen LogP contribution in [0, 0.1) is 6.92 Å². The molecule has 8 nitrogen and oxygen atoms in total. The standard InChI is InChI=1S/C21H19ClN4O4/c1-3-28-21-24-26(29-12-18(27)15-6-4-14(2)5-7-15)19-20(30-21)25(13-23-19)17-10-8-16(22)9-11-17/h4-11,13H,3,12H2,1-2H3. The summed E-state index contributed by atoms with van der Waals surface area (Å²) in [5.74, 6) is 0.456. The molecule has 0 saturated heterocycles. The van der Waals surface area contributed by atoms with Crippen molar-refractivity contribution in [1.29, 1.82) is 0 Å². The van der Waals surface area contributed by atoms with E-state index in [4.69, 9.17) is 25.9 Å². The second kappa shape index (κ2) is 8.56. The van der Waals surface area contributed by atoms with Gasteiger partial charge in [-0.15, -0.1) is 5.17 Å². The van der Waals surface area contributed by atoms with Crippen LogP contribution < -0.4 is 9.91 Å². The fraction of sp³-hybridized carbons (Fsp3) is 0.190. The van der Waals surface area contributed by atoms with E-state index >= 15 is 0 Å². The lowest BCUT2D eigenvalue weighted by atomic mass is 10.1. The van der Waals surface area contributed by atoms with E-state index in [1.807, 2.05) is 38.1 Å². The molecule has 0 spiro atoms. The number of Topliss-reactive ketones (excluding diaryl/α,β-unsaturated/α-hetero) is 1. The molecule has 0 radical (unpaired) electrons. The average molecular weight is 427 g/mol. The van der Waals surface area contributed by atoms with Crippen molar-refractivity contribution in [1.82, 2.24) is 9.55 Å². The molecule has 0 unspecified atom stereocenters. The summed E-state index contributed by atoms with van der Waals surface area (Å²) in [5, 5.41) is 5.90. The number of aromatic nitrogens is 2. The molecule has 2 heterocycles. The maximum absolute atomic E-state index is 12.5. The molecule has 9 heteroatoms. The van der Waals surface area contributed by atoms with Crippen LogP contribution in [0.3, 0.4) is 0 Å². The molecule has 4 rings (SSSR count). The number of carbonyl (C=O) groups is 1. The molecule has 2 aromatic carbocycles. The Morgan fingerprint density at radius 1 is 1.13 bits per heavy atom. The predicted molar refractivity (Wildman–Crippen MR) is 112 cm³/mol. The van der Waals surface area contributed by atoms with Gasteiger partial charge in [0.05, 0.1) is 12.3 Å². The van der Waals surface area contributed by atoms with Crippen LogP contribution >= 0.6 is 11.6 Å². The molecule has 1 aliphatic heterocycles. The van der Waals surface area contributed by atoms with Crippen molar-refractivity contribution in [2.24, 2.45) is 5.10 Å². The number of ether oxygens (including phenoxy) is 2. The van der Waals surface area contributed by atoms with Gasteiger partial charge in [0.25, 0.3) is 5.88 Å². The number of ketones is 1. The lowest BCUT2D eigenvalue weighted by molar-refractivity contribution is 0.0660. The summed E-state index contributed by atoms with van der Waals surface area (Å²) in [6, 6.07) is 14.4. The largest absolute Gasteiger partial charge is 0.449 e. The van der Waals surface area contributed by atoms with E-state index in [9.17, 15) is 4.79 Å². The van der Waals surface area contributed by atoms with Crippen LogP contribution in [0.5, 0.6) is 5.88 Å². The highest BCUT2D eigenvalue weighted by molar-refractivity contribution is 6.30. The number of fused-ring (bicyclic) bond motifs is 1. The van der Waals surface area contributed by atoms with Gasteiger partial charge in [-0.1, -0.05) is 46.5 Å². The zero-order valence-electron chi connectivity index (χ0n) is 16.4. The van der Waals surface area contributed by atoms with E-state index in [-0.39, 0.29) is 18.5 Å². The number of carbonyl (C=O) groups excluding carboxylic acids is 1. The number of hydrogen-bond acceptors (Lipinski definition) is 7. The Morgan fingerprint density at radius 3 is 2.57 bits per heavy atom. The second-order valence-corrected chi connectivity index (χ2v) is 6.89. The number of anilines is 1. The molecule has 0 N–H and O–H groups in total. The van der Waals surface area contributed by atoms with Crippen molar-refractivity contribution in [3.8, 4) is 11.6 Å². The Hall–Kier alpha value is -3.36. The van der Waals surface area contributed by atoms with Gasteiger partial charge in [-0.25, -0.2) is 9.82 Å². The molecule has 0 saturated carbocycles. The number of aryl methyl sites for hydroxylation is 1. The van der Waals surface area contributed by atoms with Gasteiger partial charge in [-0.3, -0.25) is 9.36 Å². The monoisotopic (exact) mass is 426 g/mol. The highest BCUT2D eigenvalue weighted by Gasteiger charge is 2.29. The maximum atomic E-state index is 12.5. The SMILES string of the molecule is CCOC1=NN(OCC(=O)c2ccc(C)cc2)c2ncn(-c3ccc(Cl)cc3)c2O1. The number of halogens is 1. The van der Waals surface area contributed by atoms with Crippen molar-refractivity contribution in [3.63, 3.8) is 0 Å². The quantitative estimate of drug-likeness (QED) is 0.551. The molecule has 0 bridgehead atoms. The molecule has 0 aliphatic carbocycles. The van der Waals surface area contributed by atoms with Crippen LogP contribution in [-0.4, -0.2) is 34.6 Å². The van der Waals surface area contributed by atoms with Crippen LogP contribution in [0.1, 0.15) is 22.8 Å². The molecule has 3 aromatic rings. The lowest BCUT2D eigenvalue weighted by Crippen LogP contribution is -2.31. The summed E-state index contributed by atoms with van der Waals surface area (Å²) >= 11 is 5.98. The first-order valence-corrected chi connectivity index (χ1v) is 9.68. The molecule has 30 heavy (non-hydrogen) atoms. The number of hydrazone groups is 1. The average Bonchev–Trinajstić information content (AvgIpc) is 3.17. The van der Waals surface area contributed by atoms with Gasteiger partial charge in [0.15, 0.2) is 5.78 Å². The third kappa shape index (κ3) is 4.14. The fourth-order valence-electron chi connectivity index (χ4n) is 2.78. The fourth-order valence-corrected chi connectivity index (χ4v) is 2.90. The molecular weight excluding hydrogens is 408 g/mol. The minimum Gasteiger partial charge on any atom is -0.449 e. The number of nitrogens with zero attached hydrogens (tertiary/aromatic N) is 4. The van der Waals surface area contributed by atoms with Gasteiger partial charge in [0.2, 0.25) is 5.82 Å². The topological polar surface area (TPSA) is 78.2 Å². The Bertz CT molecular complexity index is 1080. The number of imidazole rings is 1. The Kier molecular flexibility index (Phi) is 5.69. The molecule has 0 atom stereocenters. The van der Waals surface area contributed by atoms with E-state index < -0.39 is 0 Å². The molecular formula is C21H19ClN4O4. The summed E-state index contributed by atoms with van der Waals surface area (Å²) in [7, 11) is 0. The molecule has 154 valence electrons. The number of hydrogen-bond donors (Lipinski definition) is 0. The normalized spacial score (nSPS) is 12.8. The lowest BCUT2D eigenvalue weighted by Gasteiger charge is -2.23. The minimum absolute atomic E-state index is 0.0106. The van der Waals surface area contributed by atoms with Crippen molar-refractivity contribution in [2.75, 3.05) is 18.4 Å². The summed E-state index contributed by atoms with van der Waals surface area (Å²) in [6.45, 7) is 3.89. The van der Waals surface area contributed by atoms with Gasteiger partial charge < -0.3 is 9.47 Å². The minimum atomic E-state index is -0.223. The summed E-state index contributed by atoms with van der Waals surface area (Å²) in [5.41, 5.74) is 2.40. The Balaban J connectivity index is 1.58. The molecule has 1 aliphatic rings. The van der Waals surface area contributed by atoms with E-state index in [1.165, 1.54) is 0 Å². The van der Waals surface area contributed by atoms with E-state index in [1.54, 1.807) is 35.2 Å². The zero-order chi connectivity index (χ0) is 21.1. The van der Waals surface area contributed by atoms with Crippen molar-refractivity contribution >= 4 is 29.3 Å². The van der Waals surface area contributed by atoms with Crippen molar-refractivity contribution < 1.29 is 19.1 Å². The van der Waals surface area contributed by atoms with Gasteiger partial charge >= 0.3 is 6.08 Å². The van der Waals surface area contributed by atoms with Crippen LogP contribution in [0.15, 0.2) is 60.0 Å². The van der Waals surface area contributed by atoms with E-state index in [2.05, 4.69) is 10.1 Å². The first-order chi connectivity index (χ1) is 14.5. The van der Waals surface area contributed by atoms with Gasteiger partial charge in [0.1, 0.15) is 12.9 Å². The highest BCUT2D eigenvalue weighted by Crippen LogP contribution is 2.34. The Morgan fingerprint density at radius 2 is 1.87 bits per heavy atom. The first kappa shape index (κ1) is 19.9. The number of benzene rings is 2. The molecule has 0 amide bonds. The van der Waals surface area contributed by atoms with Gasteiger partial charge in [0, 0.05) is 10.6 Å². The van der Waals surface area contributed by atoms with Crippen LogP contribution in [0.25, 0.3) is 5.69 Å². The highest BCUT2D eigenvalue weighted by atomic mass is 35.5. The van der Waals surface area contributed by atoms with Crippen LogP contribution in [0.2, 0.25) is 5.02 Å². The Labute approximate surface area is 178 Å². The molecule has 0 fully saturated rings. The maximum Gasteiger partial charge on any atom is 0.415 e. The summed E-state index contributed by atoms with van der Waals surface area (Å²) < 4.78 is 12.9. The molecule has 1 aromatic heterocycles. The summed E-state index contributed by atoms with van der Waals surface area (Å²) in [4.78, 5) is 22.4.